The van der Waals surface area contributed by atoms with Gasteiger partial charge in [-0.05, 0) is 19.3 Å². The Hall–Kier alpha value is -0.120. The molecule has 0 aliphatic carbocycles. The lowest BCUT2D eigenvalue weighted by atomic mass is 9.92. The average Bonchev–Trinajstić information content (AvgIpc) is 2.77. The standard InChI is InChI=1S/C13H26N2O/c1-4-11(2)12-9-15(7-6-14-12)13(3)5-8-16-10-13/h11-12,14H,4-10H2,1-3H3. The van der Waals surface area contributed by atoms with Crippen LogP contribution < -0.4 is 5.32 Å². The molecular weight excluding hydrogens is 200 g/mol. The SMILES string of the molecule is CCC(C)C1CN(C2(C)CCOC2)CCN1. The molecule has 1 N–H and O–H groups in total. The third-order valence-electron chi connectivity index (χ3n) is 4.50. The first kappa shape index (κ1) is 12.3. The number of rotatable bonds is 3. The molecule has 2 rings (SSSR count). The molecule has 3 atom stereocenters. The number of nitrogens with zero attached hydrogens (tertiary/aromatic N) is 1. The Labute approximate surface area is 99.5 Å². The van der Waals surface area contributed by atoms with E-state index in [0.717, 1.165) is 25.7 Å². The molecule has 0 bridgehead atoms. The summed E-state index contributed by atoms with van der Waals surface area (Å²) in [5, 5.41) is 3.66. The average molecular weight is 226 g/mol. The van der Waals surface area contributed by atoms with Crippen molar-refractivity contribution in [2.45, 2.75) is 45.2 Å². The molecule has 3 heteroatoms. The summed E-state index contributed by atoms with van der Waals surface area (Å²) in [7, 11) is 0. The van der Waals surface area contributed by atoms with Crippen molar-refractivity contribution in [2.75, 3.05) is 32.8 Å². The normalized spacial score (nSPS) is 38.8. The number of hydrogen-bond acceptors (Lipinski definition) is 3. The molecule has 3 nitrogen and oxygen atoms in total. The van der Waals surface area contributed by atoms with Crippen molar-refractivity contribution in [1.29, 1.82) is 0 Å². The maximum Gasteiger partial charge on any atom is 0.0648 e. The number of hydrogen-bond donors (Lipinski definition) is 1. The van der Waals surface area contributed by atoms with Gasteiger partial charge in [0.15, 0.2) is 0 Å². The zero-order valence-electron chi connectivity index (χ0n) is 11.0. The summed E-state index contributed by atoms with van der Waals surface area (Å²) >= 11 is 0. The van der Waals surface area contributed by atoms with E-state index in [0.29, 0.717) is 11.6 Å². The molecule has 2 saturated heterocycles. The fraction of sp³-hybridized carbons (Fsp3) is 1.00. The van der Waals surface area contributed by atoms with Gasteiger partial charge in [0.2, 0.25) is 0 Å². The van der Waals surface area contributed by atoms with Crippen molar-refractivity contribution in [3.63, 3.8) is 0 Å². The molecule has 0 aromatic rings. The molecule has 2 heterocycles. The van der Waals surface area contributed by atoms with Gasteiger partial charge in [-0.25, -0.2) is 0 Å². The van der Waals surface area contributed by atoms with Crippen LogP contribution in [0.25, 0.3) is 0 Å². The largest absolute Gasteiger partial charge is 0.379 e. The van der Waals surface area contributed by atoms with E-state index in [4.69, 9.17) is 4.74 Å². The molecule has 2 fully saturated rings. The lowest BCUT2D eigenvalue weighted by molar-refractivity contribution is 0.0451. The summed E-state index contributed by atoms with van der Waals surface area (Å²) in [6.45, 7) is 12.3. The highest BCUT2D eigenvalue weighted by atomic mass is 16.5. The van der Waals surface area contributed by atoms with E-state index < -0.39 is 0 Å². The number of ether oxygens (including phenoxy) is 1. The summed E-state index contributed by atoms with van der Waals surface area (Å²) < 4.78 is 5.57. The molecule has 0 saturated carbocycles. The molecule has 0 amide bonds. The zero-order chi connectivity index (χ0) is 11.6. The molecule has 3 unspecified atom stereocenters. The molecule has 2 aliphatic rings. The predicted octanol–water partition coefficient (Wildman–Crippen LogP) is 1.49. The van der Waals surface area contributed by atoms with E-state index in [2.05, 4.69) is 31.0 Å². The zero-order valence-corrected chi connectivity index (χ0v) is 11.0. The lowest BCUT2D eigenvalue weighted by Gasteiger charge is -2.44. The van der Waals surface area contributed by atoms with Gasteiger partial charge in [-0.15, -0.1) is 0 Å². The summed E-state index contributed by atoms with van der Waals surface area (Å²) in [4.78, 5) is 2.65. The second-order valence-corrected chi connectivity index (χ2v) is 5.69. The Kier molecular flexibility index (Phi) is 3.88. The maximum absolute atomic E-state index is 5.57. The minimum absolute atomic E-state index is 0.299. The Morgan fingerprint density at radius 3 is 3.00 bits per heavy atom. The van der Waals surface area contributed by atoms with Gasteiger partial charge in [0.05, 0.1) is 6.61 Å². The highest BCUT2D eigenvalue weighted by Crippen LogP contribution is 2.27. The van der Waals surface area contributed by atoms with Crippen LogP contribution in [-0.2, 0) is 4.74 Å². The summed E-state index contributed by atoms with van der Waals surface area (Å²) in [6, 6.07) is 0.663. The van der Waals surface area contributed by atoms with Crippen molar-refractivity contribution < 1.29 is 4.74 Å². The third kappa shape index (κ3) is 2.41. The fourth-order valence-electron chi connectivity index (χ4n) is 2.84. The van der Waals surface area contributed by atoms with Gasteiger partial charge in [-0.3, -0.25) is 4.90 Å². The smallest absolute Gasteiger partial charge is 0.0648 e. The minimum atomic E-state index is 0.299. The highest BCUT2D eigenvalue weighted by molar-refractivity contribution is 4.94. The topological polar surface area (TPSA) is 24.5 Å². The van der Waals surface area contributed by atoms with E-state index in [1.807, 2.05) is 0 Å². The van der Waals surface area contributed by atoms with E-state index in [9.17, 15) is 0 Å². The van der Waals surface area contributed by atoms with Crippen LogP contribution in [0.3, 0.4) is 0 Å². The molecule has 0 aromatic heterocycles. The molecule has 94 valence electrons. The van der Waals surface area contributed by atoms with Crippen LogP contribution >= 0.6 is 0 Å². The second kappa shape index (κ2) is 5.03. The van der Waals surface area contributed by atoms with Crippen LogP contribution in [0.1, 0.15) is 33.6 Å². The summed E-state index contributed by atoms with van der Waals surface area (Å²) in [5.74, 6) is 0.772. The number of nitrogens with one attached hydrogen (secondary N) is 1. The molecule has 0 radical (unpaired) electrons. The maximum atomic E-state index is 5.57. The first-order chi connectivity index (χ1) is 7.65. The van der Waals surface area contributed by atoms with Crippen LogP contribution in [0.15, 0.2) is 0 Å². The molecule has 0 aromatic carbocycles. The monoisotopic (exact) mass is 226 g/mol. The Bertz CT molecular complexity index is 226. The van der Waals surface area contributed by atoms with Crippen molar-refractivity contribution in [3.8, 4) is 0 Å². The van der Waals surface area contributed by atoms with Crippen LogP contribution in [-0.4, -0.2) is 49.3 Å². The van der Waals surface area contributed by atoms with Gasteiger partial charge in [0, 0.05) is 37.8 Å². The highest BCUT2D eigenvalue weighted by Gasteiger charge is 2.38. The van der Waals surface area contributed by atoms with Gasteiger partial charge < -0.3 is 10.1 Å². The third-order valence-corrected chi connectivity index (χ3v) is 4.50. The predicted molar refractivity (Wildman–Crippen MR) is 66.7 cm³/mol. The van der Waals surface area contributed by atoms with Gasteiger partial charge in [0.1, 0.15) is 0 Å². The Balaban J connectivity index is 1.95. The first-order valence-corrected chi connectivity index (χ1v) is 6.72. The second-order valence-electron chi connectivity index (χ2n) is 5.69. The van der Waals surface area contributed by atoms with E-state index in [-0.39, 0.29) is 0 Å². The van der Waals surface area contributed by atoms with Crippen LogP contribution in [0, 0.1) is 5.92 Å². The molecular formula is C13H26N2O. The number of piperazine rings is 1. The first-order valence-electron chi connectivity index (χ1n) is 6.72. The van der Waals surface area contributed by atoms with E-state index in [1.54, 1.807) is 0 Å². The van der Waals surface area contributed by atoms with E-state index in [1.165, 1.54) is 25.9 Å². The van der Waals surface area contributed by atoms with Crippen LogP contribution in [0.5, 0.6) is 0 Å². The quantitative estimate of drug-likeness (QED) is 0.789. The Morgan fingerprint density at radius 2 is 2.38 bits per heavy atom. The van der Waals surface area contributed by atoms with Gasteiger partial charge >= 0.3 is 0 Å². The molecule has 2 aliphatic heterocycles. The van der Waals surface area contributed by atoms with Gasteiger partial charge in [-0.2, -0.15) is 0 Å². The van der Waals surface area contributed by atoms with Crippen molar-refractivity contribution >= 4 is 0 Å². The molecule has 16 heavy (non-hydrogen) atoms. The summed E-state index contributed by atoms with van der Waals surface area (Å²) in [5.41, 5.74) is 0.299. The fourth-order valence-corrected chi connectivity index (χ4v) is 2.84. The van der Waals surface area contributed by atoms with Crippen molar-refractivity contribution in [3.05, 3.63) is 0 Å². The summed E-state index contributed by atoms with van der Waals surface area (Å²) in [6.07, 6.45) is 2.46. The lowest BCUT2D eigenvalue weighted by Crippen LogP contribution is -2.60. The van der Waals surface area contributed by atoms with Crippen molar-refractivity contribution in [2.24, 2.45) is 5.92 Å². The van der Waals surface area contributed by atoms with Crippen molar-refractivity contribution in [1.82, 2.24) is 10.2 Å². The van der Waals surface area contributed by atoms with Gasteiger partial charge in [0.25, 0.3) is 0 Å². The molecule has 0 spiro atoms. The van der Waals surface area contributed by atoms with Gasteiger partial charge in [-0.1, -0.05) is 20.3 Å². The Morgan fingerprint density at radius 1 is 1.56 bits per heavy atom. The van der Waals surface area contributed by atoms with Crippen LogP contribution in [0.2, 0.25) is 0 Å². The van der Waals surface area contributed by atoms with E-state index >= 15 is 0 Å². The minimum Gasteiger partial charge on any atom is -0.379 e. The van der Waals surface area contributed by atoms with Crippen LogP contribution in [0.4, 0.5) is 0 Å².